The first-order valence-corrected chi connectivity index (χ1v) is 11.6. The van der Waals surface area contributed by atoms with Gasteiger partial charge < -0.3 is 4.74 Å². The zero-order valence-corrected chi connectivity index (χ0v) is 17.5. The van der Waals surface area contributed by atoms with Gasteiger partial charge in [0.1, 0.15) is 10.6 Å². The number of nitrogens with one attached hydrogen (secondary N) is 1. The van der Waals surface area contributed by atoms with E-state index in [9.17, 15) is 21.6 Å². The van der Waals surface area contributed by atoms with Crippen LogP contribution in [0.5, 0.6) is 5.75 Å². The molecule has 1 N–H and O–H groups in total. The number of ether oxygens (including phenoxy) is 1. The summed E-state index contributed by atoms with van der Waals surface area (Å²) < 4.78 is 58.0. The van der Waals surface area contributed by atoms with Crippen LogP contribution in [0, 0.1) is 0 Å². The van der Waals surface area contributed by atoms with Gasteiger partial charge >= 0.3 is 0 Å². The van der Waals surface area contributed by atoms with Crippen LogP contribution in [0.1, 0.15) is 6.42 Å². The number of amides is 1. The Morgan fingerprint density at radius 1 is 1.11 bits per heavy atom. The maximum atomic E-state index is 12.9. The van der Waals surface area contributed by atoms with Gasteiger partial charge in [-0.15, -0.1) is 0 Å². The average molecular weight is 465 g/mol. The molecule has 2 aromatic rings. The minimum absolute atomic E-state index is 0.0339. The molecule has 0 radical (unpaired) electrons. The van der Waals surface area contributed by atoms with Crippen molar-refractivity contribution < 1.29 is 26.4 Å². The van der Waals surface area contributed by atoms with Gasteiger partial charge in [0.25, 0.3) is 10.0 Å². The van der Waals surface area contributed by atoms with Crippen LogP contribution in [0.4, 0.5) is 11.4 Å². The number of hydrogen-bond acceptors (Lipinski definition) is 6. The summed E-state index contributed by atoms with van der Waals surface area (Å²) in [5.41, 5.74) is 0.0163. The molecule has 1 saturated heterocycles. The van der Waals surface area contributed by atoms with Gasteiger partial charge in [0.2, 0.25) is 15.9 Å². The number of rotatable bonds is 5. The summed E-state index contributed by atoms with van der Waals surface area (Å²) in [5.74, 6) is -1.00. The van der Waals surface area contributed by atoms with Crippen LogP contribution < -0.4 is 13.8 Å². The molecule has 0 aromatic heterocycles. The Balaban J connectivity index is 2.08. The van der Waals surface area contributed by atoms with E-state index in [0.29, 0.717) is 4.31 Å². The van der Waals surface area contributed by atoms with E-state index < -0.39 is 26.0 Å². The molecule has 1 amide bonds. The van der Waals surface area contributed by atoms with Crippen molar-refractivity contribution in [1.29, 1.82) is 0 Å². The second-order valence-electron chi connectivity index (χ2n) is 5.82. The lowest BCUT2D eigenvalue weighted by Crippen LogP contribution is -2.29. The van der Waals surface area contributed by atoms with Crippen molar-refractivity contribution in [2.75, 3.05) is 21.9 Å². The van der Waals surface area contributed by atoms with Crippen LogP contribution in [0.15, 0.2) is 41.3 Å². The van der Waals surface area contributed by atoms with Crippen molar-refractivity contribution in [3.8, 4) is 5.75 Å². The van der Waals surface area contributed by atoms with Crippen LogP contribution >= 0.6 is 23.2 Å². The van der Waals surface area contributed by atoms with Crippen LogP contribution in [0.2, 0.25) is 10.0 Å². The topological polar surface area (TPSA) is 110 Å². The zero-order chi connectivity index (χ0) is 20.7. The summed E-state index contributed by atoms with van der Waals surface area (Å²) >= 11 is 11.8. The summed E-state index contributed by atoms with van der Waals surface area (Å²) in [4.78, 5) is 11.6. The number of sulfonamides is 2. The quantitative estimate of drug-likeness (QED) is 0.727. The summed E-state index contributed by atoms with van der Waals surface area (Å²) in [6.45, 7) is 0. The SMILES string of the molecule is COc1ccc(N2C(=O)CCS2(=O)=O)cc1S(=O)(=O)Nc1cc(Cl)cc(Cl)c1. The van der Waals surface area contributed by atoms with Gasteiger partial charge in [0, 0.05) is 16.5 Å². The molecule has 0 atom stereocenters. The number of hydrogen-bond donors (Lipinski definition) is 1. The van der Waals surface area contributed by atoms with Crippen molar-refractivity contribution in [2.24, 2.45) is 0 Å². The summed E-state index contributed by atoms with van der Waals surface area (Å²) in [6, 6.07) is 7.79. The molecule has 0 saturated carbocycles. The van der Waals surface area contributed by atoms with E-state index in [0.717, 1.165) is 6.07 Å². The molecule has 1 aliphatic heterocycles. The van der Waals surface area contributed by atoms with Gasteiger partial charge in [-0.1, -0.05) is 23.2 Å². The second-order valence-corrected chi connectivity index (χ2v) is 10.3. The number of carbonyl (C=O) groups is 1. The highest BCUT2D eigenvalue weighted by Crippen LogP contribution is 2.34. The molecule has 150 valence electrons. The maximum absolute atomic E-state index is 12.9. The fourth-order valence-electron chi connectivity index (χ4n) is 2.69. The molecule has 0 aliphatic carbocycles. The largest absolute Gasteiger partial charge is 0.495 e. The first-order chi connectivity index (χ1) is 13.0. The van der Waals surface area contributed by atoms with Crippen LogP contribution in [0.25, 0.3) is 0 Å². The first kappa shape index (κ1) is 20.7. The normalized spacial score (nSPS) is 16.2. The van der Waals surface area contributed by atoms with Gasteiger partial charge in [-0.2, -0.15) is 0 Å². The lowest BCUT2D eigenvalue weighted by Gasteiger charge is -2.18. The number of anilines is 2. The predicted molar refractivity (Wildman–Crippen MR) is 106 cm³/mol. The van der Waals surface area contributed by atoms with Gasteiger partial charge in [0.05, 0.1) is 24.2 Å². The van der Waals surface area contributed by atoms with Crippen LogP contribution in [-0.4, -0.2) is 35.6 Å². The molecule has 1 heterocycles. The zero-order valence-electron chi connectivity index (χ0n) is 14.3. The second kappa shape index (κ2) is 7.43. The van der Waals surface area contributed by atoms with Crippen molar-refractivity contribution in [1.82, 2.24) is 0 Å². The molecule has 8 nitrogen and oxygen atoms in total. The van der Waals surface area contributed by atoms with Crippen molar-refractivity contribution in [3.63, 3.8) is 0 Å². The molecular weight excluding hydrogens is 451 g/mol. The Morgan fingerprint density at radius 3 is 2.29 bits per heavy atom. The van der Waals surface area contributed by atoms with E-state index in [2.05, 4.69) is 4.72 Å². The molecular formula is C16H14Cl2N2O6S2. The minimum atomic E-state index is -4.22. The van der Waals surface area contributed by atoms with Gasteiger partial charge in [-0.05, 0) is 36.4 Å². The molecule has 1 aliphatic rings. The number of methoxy groups -OCH3 is 1. The Bertz CT molecular complexity index is 1150. The number of carbonyl (C=O) groups excluding carboxylic acids is 1. The average Bonchev–Trinajstić information content (AvgIpc) is 2.86. The third-order valence-corrected chi connectivity index (χ3v) is 7.39. The molecule has 0 spiro atoms. The molecule has 28 heavy (non-hydrogen) atoms. The van der Waals surface area contributed by atoms with Crippen molar-refractivity contribution in [2.45, 2.75) is 11.3 Å². The lowest BCUT2D eigenvalue weighted by molar-refractivity contribution is -0.116. The minimum Gasteiger partial charge on any atom is -0.495 e. The Kier molecular flexibility index (Phi) is 5.50. The smallest absolute Gasteiger partial charge is 0.265 e. The monoisotopic (exact) mass is 464 g/mol. The Hall–Kier alpha value is -2.01. The van der Waals surface area contributed by atoms with Crippen molar-refractivity contribution >= 4 is 60.5 Å². The van der Waals surface area contributed by atoms with Gasteiger partial charge in [-0.3, -0.25) is 9.52 Å². The van der Waals surface area contributed by atoms with E-state index in [1.165, 1.54) is 37.4 Å². The maximum Gasteiger partial charge on any atom is 0.265 e. The van der Waals surface area contributed by atoms with E-state index in [1.807, 2.05) is 0 Å². The fraction of sp³-hybridized carbons (Fsp3) is 0.188. The highest BCUT2D eigenvalue weighted by Gasteiger charge is 2.37. The Labute approximate surface area is 172 Å². The van der Waals surface area contributed by atoms with Crippen LogP contribution in [0.3, 0.4) is 0 Å². The van der Waals surface area contributed by atoms with E-state index in [-0.39, 0.29) is 44.2 Å². The van der Waals surface area contributed by atoms with E-state index in [4.69, 9.17) is 27.9 Å². The lowest BCUT2D eigenvalue weighted by atomic mass is 10.3. The highest BCUT2D eigenvalue weighted by molar-refractivity contribution is 7.94. The summed E-state index contributed by atoms with van der Waals surface area (Å²) in [7, 11) is -6.80. The third kappa shape index (κ3) is 4.04. The summed E-state index contributed by atoms with van der Waals surface area (Å²) in [6.07, 6.45) is -0.171. The molecule has 0 unspecified atom stereocenters. The standard InChI is InChI=1S/C16H14Cl2N2O6S2/c1-26-14-3-2-13(20-16(21)4-5-27(20,22)23)9-15(14)28(24,25)19-12-7-10(17)6-11(18)8-12/h2-3,6-9,19H,4-5H2,1H3. The molecule has 1 fully saturated rings. The Morgan fingerprint density at radius 2 is 1.75 bits per heavy atom. The van der Waals surface area contributed by atoms with Crippen LogP contribution in [-0.2, 0) is 24.8 Å². The van der Waals surface area contributed by atoms with Gasteiger partial charge in [0.15, 0.2) is 0 Å². The number of benzene rings is 2. The van der Waals surface area contributed by atoms with E-state index >= 15 is 0 Å². The predicted octanol–water partition coefficient (Wildman–Crippen LogP) is 2.87. The van der Waals surface area contributed by atoms with Gasteiger partial charge in [-0.25, -0.2) is 21.1 Å². The number of halogens is 2. The molecule has 3 rings (SSSR count). The van der Waals surface area contributed by atoms with Crippen molar-refractivity contribution in [3.05, 3.63) is 46.4 Å². The fourth-order valence-corrected chi connectivity index (χ4v) is 5.90. The number of nitrogens with zero attached hydrogens (tertiary/aromatic N) is 1. The third-order valence-electron chi connectivity index (χ3n) is 3.86. The molecule has 0 bridgehead atoms. The van der Waals surface area contributed by atoms with E-state index in [1.54, 1.807) is 0 Å². The first-order valence-electron chi connectivity index (χ1n) is 7.76. The molecule has 12 heteroatoms. The molecule has 2 aromatic carbocycles. The summed E-state index contributed by atoms with van der Waals surface area (Å²) in [5, 5.41) is 0.444. The highest BCUT2D eigenvalue weighted by atomic mass is 35.5.